The van der Waals surface area contributed by atoms with E-state index in [9.17, 15) is 18.3 Å². The third-order valence-corrected chi connectivity index (χ3v) is 11.0. The second kappa shape index (κ2) is 16.1. The van der Waals surface area contributed by atoms with Crippen LogP contribution in [0.3, 0.4) is 0 Å². The van der Waals surface area contributed by atoms with Gasteiger partial charge in [0.25, 0.3) is 0 Å². The second-order valence-electron chi connectivity index (χ2n) is 12.2. The molecule has 1 aromatic heterocycles. The van der Waals surface area contributed by atoms with Crippen molar-refractivity contribution in [3.05, 3.63) is 137 Å². The first-order valence-electron chi connectivity index (χ1n) is 16.2. The Kier molecular flexibility index (Phi) is 11.4. The van der Waals surface area contributed by atoms with Gasteiger partial charge >= 0.3 is 0 Å². The molecule has 1 fully saturated rings. The Bertz CT molecular complexity index is 1970. The van der Waals surface area contributed by atoms with Gasteiger partial charge in [-0.15, -0.1) is 10.2 Å². The Hall–Kier alpha value is -4.37. The maximum Gasteiger partial charge on any atom is 0.242 e. The van der Waals surface area contributed by atoms with Crippen LogP contribution in [0.5, 0.6) is 0 Å². The number of hydrogen-bond acceptors (Lipinski definition) is 9. The Morgan fingerprint density at radius 3 is 2.30 bits per heavy atom. The molecule has 13 heteroatoms. The summed E-state index contributed by atoms with van der Waals surface area (Å²) in [6, 6.07) is 29.5. The lowest BCUT2D eigenvalue weighted by atomic mass is 10.0. The first kappa shape index (κ1) is 35.5. The fraction of sp³-hybridized carbons (Fsp3) is 0.270. The molecule has 0 saturated carbocycles. The van der Waals surface area contributed by atoms with Crippen LogP contribution in [0.2, 0.25) is 0 Å². The van der Waals surface area contributed by atoms with E-state index in [0.29, 0.717) is 17.9 Å². The van der Waals surface area contributed by atoms with Crippen LogP contribution in [0.15, 0.2) is 120 Å². The van der Waals surface area contributed by atoms with Gasteiger partial charge in [-0.3, -0.25) is 4.79 Å². The van der Waals surface area contributed by atoms with Crippen LogP contribution >= 0.6 is 11.8 Å². The minimum Gasteiger partial charge on any atom is -0.392 e. The van der Waals surface area contributed by atoms with Crippen molar-refractivity contribution in [1.29, 1.82) is 0 Å². The van der Waals surface area contributed by atoms with Crippen molar-refractivity contribution in [2.24, 2.45) is 7.05 Å². The number of aliphatic hydroxyl groups excluding tert-OH is 1. The molecule has 0 bridgehead atoms. The molecule has 11 nitrogen and oxygen atoms in total. The van der Waals surface area contributed by atoms with Gasteiger partial charge in [0.1, 0.15) is 12.4 Å². The number of aliphatic hydroxyl groups is 1. The van der Waals surface area contributed by atoms with Gasteiger partial charge in [-0.25, -0.2) is 8.42 Å². The first-order chi connectivity index (χ1) is 24.2. The van der Waals surface area contributed by atoms with Gasteiger partial charge in [0.15, 0.2) is 11.4 Å². The van der Waals surface area contributed by atoms with E-state index in [1.54, 1.807) is 42.4 Å². The van der Waals surface area contributed by atoms with Gasteiger partial charge in [0, 0.05) is 30.5 Å². The molecule has 5 aromatic rings. The number of anilines is 1. The van der Waals surface area contributed by atoms with E-state index in [2.05, 4.69) is 20.2 Å². The summed E-state index contributed by atoms with van der Waals surface area (Å²) < 4.78 is 44.0. The molecule has 1 aliphatic rings. The quantitative estimate of drug-likeness (QED) is 0.135. The summed E-state index contributed by atoms with van der Waals surface area (Å²) in [4.78, 5) is 13.7. The standard InChI is InChI=1S/C37H39N5O6S2/c1-25-8-18-32(19-9-25)50(45,46)41-33(20-26-6-4-3-5-7-26)35(44)39-30-16-14-29(15-17-30)36-47-31(23-49-37-40-38-24-42(37)2)21-34(48-36)28-12-10-27(22-43)11-13-28/h3-19,24,31,33-34,36,41,43H,20-23H2,1-2H3,(H,39,44)/t31-,33+,34+,36+/m0/s1. The molecule has 4 atom stereocenters. The number of ether oxygens (including phenoxy) is 2. The summed E-state index contributed by atoms with van der Waals surface area (Å²) in [7, 11) is -2.09. The molecule has 1 aliphatic heterocycles. The van der Waals surface area contributed by atoms with Crippen molar-refractivity contribution in [1.82, 2.24) is 19.5 Å². The van der Waals surface area contributed by atoms with E-state index in [0.717, 1.165) is 33.0 Å². The number of thioether (sulfide) groups is 1. The zero-order valence-electron chi connectivity index (χ0n) is 27.7. The highest BCUT2D eigenvalue weighted by atomic mass is 32.2. The highest BCUT2D eigenvalue weighted by molar-refractivity contribution is 7.99. The zero-order chi connectivity index (χ0) is 35.1. The van der Waals surface area contributed by atoms with E-state index in [-0.39, 0.29) is 30.1 Å². The molecule has 0 radical (unpaired) electrons. The van der Waals surface area contributed by atoms with Crippen molar-refractivity contribution < 1.29 is 27.8 Å². The highest BCUT2D eigenvalue weighted by Gasteiger charge is 2.33. The molecular weight excluding hydrogens is 675 g/mol. The molecule has 0 unspecified atom stereocenters. The van der Waals surface area contributed by atoms with Crippen molar-refractivity contribution >= 4 is 33.4 Å². The molecule has 260 valence electrons. The summed E-state index contributed by atoms with van der Waals surface area (Å²) in [5, 5.41) is 21.3. The first-order valence-corrected chi connectivity index (χ1v) is 18.6. The normalized spacial score (nSPS) is 18.4. The van der Waals surface area contributed by atoms with Crippen LogP contribution in [0, 0.1) is 6.92 Å². The van der Waals surface area contributed by atoms with Crippen LogP contribution in [-0.4, -0.2) is 52.1 Å². The fourth-order valence-electron chi connectivity index (χ4n) is 5.56. The number of aromatic nitrogens is 3. The lowest BCUT2D eigenvalue weighted by Gasteiger charge is -2.36. The molecule has 50 heavy (non-hydrogen) atoms. The van der Waals surface area contributed by atoms with Gasteiger partial charge in [0.05, 0.1) is 23.7 Å². The van der Waals surface area contributed by atoms with E-state index >= 15 is 0 Å². The summed E-state index contributed by atoms with van der Waals surface area (Å²) in [6.07, 6.45) is 1.32. The predicted octanol–water partition coefficient (Wildman–Crippen LogP) is 5.48. The van der Waals surface area contributed by atoms with Gasteiger partial charge in [0.2, 0.25) is 15.9 Å². The van der Waals surface area contributed by atoms with Crippen molar-refractivity contribution in [2.45, 2.75) is 61.0 Å². The highest BCUT2D eigenvalue weighted by Crippen LogP contribution is 2.39. The number of amides is 1. The number of benzene rings is 4. The van der Waals surface area contributed by atoms with Gasteiger partial charge in [-0.05, 0) is 54.3 Å². The minimum absolute atomic E-state index is 0.0387. The van der Waals surface area contributed by atoms with Crippen LogP contribution in [-0.2, 0) is 44.4 Å². The summed E-state index contributed by atoms with van der Waals surface area (Å²) >= 11 is 1.56. The monoisotopic (exact) mass is 713 g/mol. The number of hydrogen-bond donors (Lipinski definition) is 3. The molecule has 0 aliphatic carbocycles. The number of sulfonamides is 1. The molecule has 1 amide bonds. The molecular formula is C37H39N5O6S2. The number of nitrogens with one attached hydrogen (secondary N) is 2. The largest absolute Gasteiger partial charge is 0.392 e. The SMILES string of the molecule is Cc1ccc(S(=O)(=O)N[C@H](Cc2ccccc2)C(=O)Nc2ccc([C@@H]3O[C@H](CSc4nncn4C)C[C@H](c4ccc(CO)cc4)O3)cc2)cc1. The zero-order valence-corrected chi connectivity index (χ0v) is 29.3. The smallest absolute Gasteiger partial charge is 0.242 e. The van der Waals surface area contributed by atoms with Crippen LogP contribution in [0.4, 0.5) is 5.69 Å². The molecule has 3 N–H and O–H groups in total. The predicted molar refractivity (Wildman–Crippen MR) is 191 cm³/mol. The number of nitrogens with zero attached hydrogens (tertiary/aromatic N) is 3. The number of aryl methyl sites for hydroxylation is 2. The molecule has 6 rings (SSSR count). The molecule has 0 spiro atoms. The second-order valence-corrected chi connectivity index (χ2v) is 14.9. The summed E-state index contributed by atoms with van der Waals surface area (Å²) in [6.45, 7) is 1.84. The average Bonchev–Trinajstić information content (AvgIpc) is 3.55. The maximum absolute atomic E-state index is 13.6. The van der Waals surface area contributed by atoms with Crippen molar-refractivity contribution in [2.75, 3.05) is 11.1 Å². The number of carbonyl (C=O) groups is 1. The summed E-state index contributed by atoms with van der Waals surface area (Å²) in [5.41, 5.74) is 4.79. The number of rotatable bonds is 13. The third kappa shape index (κ3) is 9.04. The van der Waals surface area contributed by atoms with Gasteiger partial charge < -0.3 is 24.5 Å². The Balaban J connectivity index is 1.18. The Morgan fingerprint density at radius 2 is 1.64 bits per heavy atom. The van der Waals surface area contributed by atoms with Crippen LogP contribution in [0.25, 0.3) is 0 Å². The average molecular weight is 714 g/mol. The van der Waals surface area contributed by atoms with Crippen molar-refractivity contribution in [3.8, 4) is 0 Å². The van der Waals surface area contributed by atoms with Crippen molar-refractivity contribution in [3.63, 3.8) is 0 Å². The molecule has 2 heterocycles. The third-order valence-electron chi connectivity index (χ3n) is 8.36. The molecule has 1 saturated heterocycles. The van der Waals surface area contributed by atoms with E-state index in [1.165, 1.54) is 12.1 Å². The fourth-order valence-corrected chi connectivity index (χ4v) is 7.66. The van der Waals surface area contributed by atoms with Crippen LogP contribution < -0.4 is 10.0 Å². The minimum atomic E-state index is -3.98. The Morgan fingerprint density at radius 1 is 0.940 bits per heavy atom. The lowest BCUT2D eigenvalue weighted by Crippen LogP contribution is -2.45. The summed E-state index contributed by atoms with van der Waals surface area (Å²) in [5.74, 6) is 0.141. The number of carbonyl (C=O) groups excluding carboxylic acids is 1. The van der Waals surface area contributed by atoms with E-state index in [1.807, 2.05) is 85.3 Å². The lowest BCUT2D eigenvalue weighted by molar-refractivity contribution is -0.245. The van der Waals surface area contributed by atoms with Gasteiger partial charge in [-0.2, -0.15) is 4.72 Å². The molecule has 4 aromatic carbocycles. The Labute approximate surface area is 296 Å². The topological polar surface area (TPSA) is 145 Å². The maximum atomic E-state index is 13.6. The van der Waals surface area contributed by atoms with E-state index in [4.69, 9.17) is 9.47 Å². The van der Waals surface area contributed by atoms with E-state index < -0.39 is 28.3 Å². The van der Waals surface area contributed by atoms with Crippen LogP contribution in [0.1, 0.15) is 46.6 Å². The van der Waals surface area contributed by atoms with Gasteiger partial charge in [-0.1, -0.05) is 96.2 Å².